The highest BCUT2D eigenvalue weighted by atomic mass is 16.5. The van der Waals surface area contributed by atoms with Gasteiger partial charge in [-0.3, -0.25) is 4.79 Å². The Morgan fingerprint density at radius 3 is 2.50 bits per heavy atom. The van der Waals surface area contributed by atoms with E-state index in [2.05, 4.69) is 0 Å². The van der Waals surface area contributed by atoms with Crippen LogP contribution in [0.15, 0.2) is 40.8 Å². The summed E-state index contributed by atoms with van der Waals surface area (Å²) in [7, 11) is 1.62. The molecule has 0 unspecified atom stereocenters. The van der Waals surface area contributed by atoms with Crippen molar-refractivity contribution in [3.63, 3.8) is 0 Å². The van der Waals surface area contributed by atoms with Crippen molar-refractivity contribution in [2.75, 3.05) is 20.3 Å². The molecule has 5 nitrogen and oxygen atoms in total. The molecule has 1 amide bonds. The average molecular weight is 302 g/mol. The molecule has 0 aliphatic carbocycles. The van der Waals surface area contributed by atoms with Crippen molar-refractivity contribution in [1.82, 2.24) is 4.90 Å². The number of nitrogens with zero attached hydrogens (tertiary/aromatic N) is 1. The van der Waals surface area contributed by atoms with Crippen LogP contribution in [-0.4, -0.2) is 31.1 Å². The van der Waals surface area contributed by atoms with Gasteiger partial charge in [-0.2, -0.15) is 0 Å². The molecule has 2 rings (SSSR count). The smallest absolute Gasteiger partial charge is 0.254 e. The number of furan rings is 1. The fourth-order valence-electron chi connectivity index (χ4n) is 2.18. The molecule has 1 aromatic carbocycles. The van der Waals surface area contributed by atoms with Crippen molar-refractivity contribution < 1.29 is 13.9 Å². The van der Waals surface area contributed by atoms with E-state index in [9.17, 15) is 4.79 Å². The Hall–Kier alpha value is -2.11. The number of benzene rings is 1. The molecule has 0 radical (unpaired) electrons. The van der Waals surface area contributed by atoms with Gasteiger partial charge >= 0.3 is 0 Å². The third-order valence-corrected chi connectivity index (χ3v) is 3.43. The third-order valence-electron chi connectivity index (χ3n) is 3.43. The average Bonchev–Trinajstić information content (AvgIpc) is 2.96. The van der Waals surface area contributed by atoms with E-state index in [1.54, 1.807) is 24.1 Å². The van der Waals surface area contributed by atoms with Gasteiger partial charge in [-0.15, -0.1) is 0 Å². The van der Waals surface area contributed by atoms with Crippen molar-refractivity contribution in [1.29, 1.82) is 0 Å². The maximum Gasteiger partial charge on any atom is 0.254 e. The molecule has 118 valence electrons. The highest BCUT2D eigenvalue weighted by Crippen LogP contribution is 2.13. The van der Waals surface area contributed by atoms with E-state index in [0.717, 1.165) is 17.1 Å². The van der Waals surface area contributed by atoms with Crippen LogP contribution in [0, 0.1) is 6.92 Å². The number of rotatable bonds is 7. The van der Waals surface area contributed by atoms with Gasteiger partial charge in [0.25, 0.3) is 5.91 Å². The minimum Gasteiger partial charge on any atom is -0.464 e. The van der Waals surface area contributed by atoms with Crippen LogP contribution in [0.3, 0.4) is 0 Å². The van der Waals surface area contributed by atoms with E-state index in [1.165, 1.54) is 0 Å². The molecule has 0 aliphatic heterocycles. The maximum atomic E-state index is 12.7. The lowest BCUT2D eigenvalue weighted by molar-refractivity contribution is 0.0666. The summed E-state index contributed by atoms with van der Waals surface area (Å²) in [5.41, 5.74) is 7.22. The topological polar surface area (TPSA) is 68.7 Å². The summed E-state index contributed by atoms with van der Waals surface area (Å²) in [6, 6.07) is 11.1. The van der Waals surface area contributed by atoms with Gasteiger partial charge in [-0.1, -0.05) is 12.1 Å². The SMILES string of the molecule is COCCN(Cc1ccc(C)o1)C(=O)c1ccc(CN)cc1. The number of carbonyl (C=O) groups is 1. The van der Waals surface area contributed by atoms with Crippen LogP contribution in [0.1, 0.15) is 27.4 Å². The summed E-state index contributed by atoms with van der Waals surface area (Å²) in [6.45, 7) is 3.76. The molecule has 1 heterocycles. The molecule has 1 aromatic heterocycles. The van der Waals surface area contributed by atoms with Gasteiger partial charge in [0.05, 0.1) is 13.2 Å². The van der Waals surface area contributed by atoms with E-state index in [-0.39, 0.29) is 5.91 Å². The molecule has 0 fully saturated rings. The van der Waals surface area contributed by atoms with Gasteiger partial charge < -0.3 is 19.8 Å². The first-order valence-electron chi connectivity index (χ1n) is 7.26. The van der Waals surface area contributed by atoms with Gasteiger partial charge in [0.15, 0.2) is 0 Å². The maximum absolute atomic E-state index is 12.7. The number of hydrogen-bond donors (Lipinski definition) is 1. The lowest BCUT2D eigenvalue weighted by Crippen LogP contribution is -2.33. The van der Waals surface area contributed by atoms with Crippen LogP contribution in [0.2, 0.25) is 0 Å². The summed E-state index contributed by atoms with van der Waals surface area (Å²) in [6.07, 6.45) is 0. The summed E-state index contributed by atoms with van der Waals surface area (Å²) in [4.78, 5) is 14.4. The number of methoxy groups -OCH3 is 1. The molecular formula is C17H22N2O3. The second-order valence-electron chi connectivity index (χ2n) is 5.13. The summed E-state index contributed by atoms with van der Waals surface area (Å²) in [5.74, 6) is 1.55. The molecule has 5 heteroatoms. The van der Waals surface area contributed by atoms with Crippen molar-refractivity contribution in [3.05, 3.63) is 59.0 Å². The standard InChI is InChI=1S/C17H22N2O3/c1-13-3-8-16(22-13)12-19(9-10-21-2)17(20)15-6-4-14(11-18)5-7-15/h3-8H,9-12,18H2,1-2H3. The van der Waals surface area contributed by atoms with E-state index in [0.29, 0.717) is 31.8 Å². The molecule has 0 spiro atoms. The van der Waals surface area contributed by atoms with Gasteiger partial charge in [-0.05, 0) is 36.8 Å². The van der Waals surface area contributed by atoms with Crippen molar-refractivity contribution >= 4 is 5.91 Å². The second-order valence-corrected chi connectivity index (χ2v) is 5.13. The number of carbonyl (C=O) groups excluding carboxylic acids is 1. The first-order valence-corrected chi connectivity index (χ1v) is 7.26. The third kappa shape index (κ3) is 4.19. The van der Waals surface area contributed by atoms with Crippen LogP contribution < -0.4 is 5.73 Å². The fraction of sp³-hybridized carbons (Fsp3) is 0.353. The second kappa shape index (κ2) is 7.77. The van der Waals surface area contributed by atoms with E-state index in [4.69, 9.17) is 14.9 Å². The number of nitrogens with two attached hydrogens (primary N) is 1. The highest BCUT2D eigenvalue weighted by molar-refractivity contribution is 5.94. The number of hydrogen-bond acceptors (Lipinski definition) is 4. The normalized spacial score (nSPS) is 10.7. The van der Waals surface area contributed by atoms with Crippen molar-refractivity contribution in [2.24, 2.45) is 5.73 Å². The quantitative estimate of drug-likeness (QED) is 0.852. The molecule has 2 N–H and O–H groups in total. The molecule has 0 bridgehead atoms. The fourth-order valence-corrected chi connectivity index (χ4v) is 2.18. The highest BCUT2D eigenvalue weighted by Gasteiger charge is 2.17. The zero-order chi connectivity index (χ0) is 15.9. The zero-order valence-electron chi connectivity index (χ0n) is 13.0. The van der Waals surface area contributed by atoms with Gasteiger partial charge in [0, 0.05) is 25.8 Å². The summed E-state index contributed by atoms with van der Waals surface area (Å²) < 4.78 is 10.7. The van der Waals surface area contributed by atoms with E-state index >= 15 is 0 Å². The van der Waals surface area contributed by atoms with Gasteiger partial charge in [-0.25, -0.2) is 0 Å². The summed E-state index contributed by atoms with van der Waals surface area (Å²) >= 11 is 0. The van der Waals surface area contributed by atoms with Crippen molar-refractivity contribution in [3.8, 4) is 0 Å². The number of aryl methyl sites for hydroxylation is 1. The Morgan fingerprint density at radius 2 is 1.95 bits per heavy atom. The molecular weight excluding hydrogens is 280 g/mol. The Kier molecular flexibility index (Phi) is 5.75. The zero-order valence-corrected chi connectivity index (χ0v) is 13.0. The lowest BCUT2D eigenvalue weighted by atomic mass is 10.1. The number of ether oxygens (including phenoxy) is 1. The Morgan fingerprint density at radius 1 is 1.23 bits per heavy atom. The first kappa shape index (κ1) is 16.3. The lowest BCUT2D eigenvalue weighted by Gasteiger charge is -2.21. The Balaban J connectivity index is 2.13. The first-order chi connectivity index (χ1) is 10.6. The largest absolute Gasteiger partial charge is 0.464 e. The molecule has 0 atom stereocenters. The van der Waals surface area contributed by atoms with E-state index < -0.39 is 0 Å². The summed E-state index contributed by atoms with van der Waals surface area (Å²) in [5, 5.41) is 0. The predicted octanol–water partition coefficient (Wildman–Crippen LogP) is 2.34. The molecule has 0 saturated heterocycles. The molecule has 0 aliphatic rings. The van der Waals surface area contributed by atoms with Gasteiger partial charge in [0.1, 0.15) is 11.5 Å². The van der Waals surface area contributed by atoms with Crippen LogP contribution in [0.25, 0.3) is 0 Å². The van der Waals surface area contributed by atoms with Crippen LogP contribution in [-0.2, 0) is 17.8 Å². The molecule has 22 heavy (non-hydrogen) atoms. The van der Waals surface area contributed by atoms with Gasteiger partial charge in [0.2, 0.25) is 0 Å². The van der Waals surface area contributed by atoms with Crippen LogP contribution >= 0.6 is 0 Å². The Bertz CT molecular complexity index is 605. The monoisotopic (exact) mass is 302 g/mol. The van der Waals surface area contributed by atoms with Crippen LogP contribution in [0.5, 0.6) is 0 Å². The minimum absolute atomic E-state index is 0.0466. The van der Waals surface area contributed by atoms with E-state index in [1.807, 2.05) is 31.2 Å². The Labute approximate surface area is 130 Å². The minimum atomic E-state index is -0.0466. The number of amides is 1. The van der Waals surface area contributed by atoms with Crippen LogP contribution in [0.4, 0.5) is 0 Å². The molecule has 2 aromatic rings. The molecule has 0 saturated carbocycles. The van der Waals surface area contributed by atoms with Crippen molar-refractivity contribution in [2.45, 2.75) is 20.0 Å². The predicted molar refractivity (Wildman–Crippen MR) is 84.4 cm³/mol.